The van der Waals surface area contributed by atoms with Crippen LogP contribution in [0.15, 0.2) is 35.8 Å². The van der Waals surface area contributed by atoms with Crippen molar-refractivity contribution in [1.82, 2.24) is 0 Å². The van der Waals surface area contributed by atoms with Crippen LogP contribution in [0.1, 0.15) is 6.92 Å². The van der Waals surface area contributed by atoms with Gasteiger partial charge in [0.2, 0.25) is 0 Å². The first-order valence-electron chi connectivity index (χ1n) is 3.13. The van der Waals surface area contributed by atoms with Crippen LogP contribution < -0.4 is 0 Å². The van der Waals surface area contributed by atoms with E-state index in [-0.39, 0.29) is 18.1 Å². The maximum Gasteiger partial charge on any atom is 0.113 e. The lowest BCUT2D eigenvalue weighted by Crippen LogP contribution is -1.92. The summed E-state index contributed by atoms with van der Waals surface area (Å²) in [5.74, 6) is -0.0813. The molecule has 0 fully saturated rings. The van der Waals surface area contributed by atoms with Gasteiger partial charge in [-0.25, -0.2) is 0 Å². The highest BCUT2D eigenvalue weighted by Crippen LogP contribution is 2.03. The SMILES string of the molecule is C=C(O)/C(=C\C=C(/C)O)CO. The Morgan fingerprint density at radius 3 is 2.18 bits per heavy atom. The number of aliphatic hydroxyl groups excluding tert-OH is 3. The van der Waals surface area contributed by atoms with Gasteiger partial charge in [-0.05, 0) is 19.1 Å². The van der Waals surface area contributed by atoms with Gasteiger partial charge in [-0.2, -0.15) is 0 Å². The Bertz CT molecular complexity index is 197. The third kappa shape index (κ3) is 4.22. The van der Waals surface area contributed by atoms with Gasteiger partial charge >= 0.3 is 0 Å². The van der Waals surface area contributed by atoms with E-state index in [4.69, 9.17) is 15.3 Å². The summed E-state index contributed by atoms with van der Waals surface area (Å²) in [6, 6.07) is 0. The van der Waals surface area contributed by atoms with E-state index in [1.165, 1.54) is 19.1 Å². The summed E-state index contributed by atoms with van der Waals surface area (Å²) in [4.78, 5) is 0. The van der Waals surface area contributed by atoms with Gasteiger partial charge in [-0.3, -0.25) is 0 Å². The first-order chi connectivity index (χ1) is 5.07. The highest BCUT2D eigenvalue weighted by molar-refractivity contribution is 5.27. The molecule has 0 aromatic carbocycles. The van der Waals surface area contributed by atoms with Crippen molar-refractivity contribution in [3.05, 3.63) is 35.8 Å². The predicted molar refractivity (Wildman–Crippen MR) is 43.3 cm³/mol. The fourth-order valence-electron chi connectivity index (χ4n) is 0.461. The van der Waals surface area contributed by atoms with Crippen molar-refractivity contribution in [2.24, 2.45) is 0 Å². The van der Waals surface area contributed by atoms with Crippen molar-refractivity contribution in [1.29, 1.82) is 0 Å². The van der Waals surface area contributed by atoms with E-state index in [0.29, 0.717) is 5.57 Å². The molecule has 3 N–H and O–H groups in total. The third-order valence-electron chi connectivity index (χ3n) is 1.07. The van der Waals surface area contributed by atoms with Gasteiger partial charge in [0.15, 0.2) is 0 Å². The average Bonchev–Trinajstić information content (AvgIpc) is 1.87. The Balaban J connectivity index is 4.37. The summed E-state index contributed by atoms with van der Waals surface area (Å²) in [5, 5.41) is 26.1. The molecule has 0 aromatic rings. The fraction of sp³-hybridized carbons (Fsp3) is 0.250. The normalized spacial score (nSPS) is 13.3. The number of aliphatic hydroxyl groups is 3. The highest BCUT2D eigenvalue weighted by atomic mass is 16.3. The first kappa shape index (κ1) is 9.78. The Kier molecular flexibility index (Phi) is 4.07. The van der Waals surface area contributed by atoms with Crippen LogP contribution in [0.25, 0.3) is 0 Å². The van der Waals surface area contributed by atoms with E-state index in [0.717, 1.165) is 0 Å². The Morgan fingerprint density at radius 1 is 1.36 bits per heavy atom. The topological polar surface area (TPSA) is 60.7 Å². The van der Waals surface area contributed by atoms with Crippen molar-refractivity contribution in [2.75, 3.05) is 6.61 Å². The molecule has 0 radical (unpaired) electrons. The van der Waals surface area contributed by atoms with E-state index in [2.05, 4.69) is 6.58 Å². The van der Waals surface area contributed by atoms with E-state index < -0.39 is 0 Å². The zero-order valence-corrected chi connectivity index (χ0v) is 6.41. The largest absolute Gasteiger partial charge is 0.513 e. The molecular weight excluding hydrogens is 144 g/mol. The molecule has 0 atom stereocenters. The van der Waals surface area contributed by atoms with Crippen LogP contribution in [0.5, 0.6) is 0 Å². The molecule has 0 saturated heterocycles. The summed E-state index contributed by atoms with van der Waals surface area (Å²) < 4.78 is 0. The summed E-state index contributed by atoms with van der Waals surface area (Å²) in [7, 11) is 0. The van der Waals surface area contributed by atoms with Crippen LogP contribution in [0.3, 0.4) is 0 Å². The second-order valence-electron chi connectivity index (χ2n) is 2.10. The van der Waals surface area contributed by atoms with Crippen LogP contribution in [-0.2, 0) is 0 Å². The second kappa shape index (κ2) is 4.57. The molecule has 62 valence electrons. The number of allylic oxidation sites excluding steroid dienone is 3. The van der Waals surface area contributed by atoms with E-state index in [9.17, 15) is 0 Å². The number of hydrogen-bond acceptors (Lipinski definition) is 3. The molecule has 3 heteroatoms. The quantitative estimate of drug-likeness (QED) is 0.428. The van der Waals surface area contributed by atoms with Gasteiger partial charge in [0.05, 0.1) is 12.4 Å². The minimum atomic E-state index is -0.293. The average molecular weight is 156 g/mol. The minimum absolute atomic E-state index is 0.109. The maximum atomic E-state index is 8.79. The molecule has 0 unspecified atom stereocenters. The molecule has 0 heterocycles. The molecule has 0 aliphatic heterocycles. The molecule has 0 rings (SSSR count). The van der Waals surface area contributed by atoms with Crippen LogP contribution in [0.2, 0.25) is 0 Å². The Labute approximate surface area is 65.6 Å². The van der Waals surface area contributed by atoms with E-state index in [1.807, 2.05) is 0 Å². The lowest BCUT2D eigenvalue weighted by Gasteiger charge is -1.97. The van der Waals surface area contributed by atoms with Crippen LogP contribution >= 0.6 is 0 Å². The van der Waals surface area contributed by atoms with Crippen molar-refractivity contribution in [2.45, 2.75) is 6.92 Å². The maximum absolute atomic E-state index is 8.79. The molecule has 0 saturated carbocycles. The van der Waals surface area contributed by atoms with Crippen molar-refractivity contribution in [3.8, 4) is 0 Å². The summed E-state index contributed by atoms with van der Waals surface area (Å²) in [5.41, 5.74) is 0.290. The fourth-order valence-corrected chi connectivity index (χ4v) is 0.461. The first-order valence-corrected chi connectivity index (χ1v) is 3.13. The zero-order valence-electron chi connectivity index (χ0n) is 6.41. The van der Waals surface area contributed by atoms with Gasteiger partial charge in [-0.15, -0.1) is 0 Å². The van der Waals surface area contributed by atoms with Gasteiger partial charge in [0.25, 0.3) is 0 Å². The van der Waals surface area contributed by atoms with Crippen molar-refractivity contribution >= 4 is 0 Å². The molecule has 11 heavy (non-hydrogen) atoms. The molecule has 0 aliphatic rings. The molecule has 0 aliphatic carbocycles. The van der Waals surface area contributed by atoms with Crippen LogP contribution in [0, 0.1) is 0 Å². The summed E-state index contributed by atoms with van der Waals surface area (Å²) in [6.45, 7) is 4.42. The monoisotopic (exact) mass is 156 g/mol. The standard InChI is InChI=1S/C8H12O3/c1-6(10)3-4-8(5-9)7(2)11/h3-4,9-11H,2,5H2,1H3/b6-3+,8-4-. The van der Waals surface area contributed by atoms with Crippen LogP contribution in [-0.4, -0.2) is 21.9 Å². The lowest BCUT2D eigenvalue weighted by atomic mass is 10.2. The number of hydrogen-bond donors (Lipinski definition) is 3. The molecule has 0 aromatic heterocycles. The van der Waals surface area contributed by atoms with Gasteiger partial charge in [0.1, 0.15) is 5.76 Å². The van der Waals surface area contributed by atoms with Crippen LogP contribution in [0.4, 0.5) is 0 Å². The summed E-state index contributed by atoms with van der Waals surface area (Å²) >= 11 is 0. The van der Waals surface area contributed by atoms with Crippen molar-refractivity contribution < 1.29 is 15.3 Å². The predicted octanol–water partition coefficient (Wildman–Crippen LogP) is 1.44. The molecule has 0 spiro atoms. The minimum Gasteiger partial charge on any atom is -0.513 e. The summed E-state index contributed by atoms with van der Waals surface area (Å²) in [6.07, 6.45) is 2.77. The van der Waals surface area contributed by atoms with E-state index in [1.54, 1.807) is 0 Å². The smallest absolute Gasteiger partial charge is 0.113 e. The van der Waals surface area contributed by atoms with Gasteiger partial charge in [-0.1, -0.05) is 6.58 Å². The zero-order chi connectivity index (χ0) is 8.85. The molecule has 0 bridgehead atoms. The Morgan fingerprint density at radius 2 is 1.91 bits per heavy atom. The highest BCUT2D eigenvalue weighted by Gasteiger charge is 1.95. The molecular formula is C8H12O3. The Hall–Kier alpha value is -1.22. The number of rotatable bonds is 3. The molecule has 0 amide bonds. The van der Waals surface area contributed by atoms with Gasteiger partial charge in [0, 0.05) is 5.57 Å². The third-order valence-corrected chi connectivity index (χ3v) is 1.07. The van der Waals surface area contributed by atoms with Gasteiger partial charge < -0.3 is 15.3 Å². The molecule has 3 nitrogen and oxygen atoms in total. The second-order valence-corrected chi connectivity index (χ2v) is 2.10. The van der Waals surface area contributed by atoms with Crippen molar-refractivity contribution in [3.63, 3.8) is 0 Å². The lowest BCUT2D eigenvalue weighted by molar-refractivity contribution is 0.315. The van der Waals surface area contributed by atoms with E-state index >= 15 is 0 Å².